The summed E-state index contributed by atoms with van der Waals surface area (Å²) < 4.78 is 0. The highest BCUT2D eigenvalue weighted by molar-refractivity contribution is 5.74. The Labute approximate surface area is 87.5 Å². The highest BCUT2D eigenvalue weighted by atomic mass is 16.4. The van der Waals surface area contributed by atoms with Crippen LogP contribution >= 0.6 is 0 Å². The van der Waals surface area contributed by atoms with Crippen molar-refractivity contribution in [3.63, 3.8) is 0 Å². The number of carbonyl (C=O) groups excluding carboxylic acids is 1. The maximum atomic E-state index is 9.99. The average molecular weight is 220 g/mol. The molecule has 15 heavy (non-hydrogen) atoms. The van der Waals surface area contributed by atoms with Gasteiger partial charge in [-0.25, -0.2) is 0 Å². The van der Waals surface area contributed by atoms with Gasteiger partial charge in [-0.3, -0.25) is 14.4 Å². The summed E-state index contributed by atoms with van der Waals surface area (Å²) in [5.41, 5.74) is 5.00. The van der Waals surface area contributed by atoms with Crippen LogP contribution in [-0.2, 0) is 14.4 Å². The third-order valence-corrected chi connectivity index (χ3v) is 1.20. The molecule has 1 unspecified atom stereocenters. The molecule has 0 aromatic heterocycles. The smallest absolute Gasteiger partial charge is 0.320 e. The van der Waals surface area contributed by atoms with Crippen LogP contribution in [0.2, 0.25) is 0 Å². The van der Waals surface area contributed by atoms with E-state index in [2.05, 4.69) is 0 Å². The van der Waals surface area contributed by atoms with E-state index in [1.165, 1.54) is 4.90 Å². The Morgan fingerprint density at radius 3 is 2.00 bits per heavy atom. The third-order valence-electron chi connectivity index (χ3n) is 1.20. The Morgan fingerprint density at radius 2 is 1.80 bits per heavy atom. The van der Waals surface area contributed by atoms with Crippen LogP contribution in [0.25, 0.3) is 0 Å². The topological polar surface area (TPSA) is 121 Å². The van der Waals surface area contributed by atoms with Crippen LogP contribution in [0.1, 0.15) is 12.8 Å². The Kier molecular flexibility index (Phi) is 9.44. The molecule has 0 fully saturated rings. The molecule has 1 atom stereocenters. The van der Waals surface area contributed by atoms with Gasteiger partial charge in [0, 0.05) is 20.5 Å². The lowest BCUT2D eigenvalue weighted by Gasteiger charge is -2.01. The Morgan fingerprint density at radius 1 is 1.40 bits per heavy atom. The van der Waals surface area contributed by atoms with E-state index in [4.69, 9.17) is 15.9 Å². The van der Waals surface area contributed by atoms with Crippen molar-refractivity contribution in [1.29, 1.82) is 0 Å². The number of carboxylic acids is 2. The minimum atomic E-state index is -1.17. The van der Waals surface area contributed by atoms with Crippen LogP contribution in [-0.4, -0.2) is 53.6 Å². The van der Waals surface area contributed by atoms with Gasteiger partial charge in [-0.2, -0.15) is 0 Å². The summed E-state index contributed by atoms with van der Waals surface area (Å²) in [4.78, 5) is 30.7. The van der Waals surface area contributed by atoms with E-state index in [1.807, 2.05) is 0 Å². The third kappa shape index (κ3) is 15.2. The van der Waals surface area contributed by atoms with Crippen molar-refractivity contribution >= 4 is 18.3 Å². The summed E-state index contributed by atoms with van der Waals surface area (Å²) in [5, 5.41) is 16.3. The van der Waals surface area contributed by atoms with Crippen molar-refractivity contribution in [1.82, 2.24) is 4.90 Å². The van der Waals surface area contributed by atoms with Gasteiger partial charge in [-0.05, 0) is 6.42 Å². The number of hydrogen-bond acceptors (Lipinski definition) is 4. The number of aliphatic carboxylic acids is 2. The molecule has 4 N–H and O–H groups in total. The normalized spacial score (nSPS) is 10.6. The highest BCUT2D eigenvalue weighted by Gasteiger charge is 2.12. The maximum Gasteiger partial charge on any atom is 0.320 e. The van der Waals surface area contributed by atoms with Gasteiger partial charge in [0.25, 0.3) is 0 Å². The minimum absolute atomic E-state index is 0.0231. The molecule has 0 saturated heterocycles. The molecule has 0 bridgehead atoms. The van der Waals surface area contributed by atoms with Crippen molar-refractivity contribution in [3.05, 3.63) is 0 Å². The van der Waals surface area contributed by atoms with Crippen LogP contribution < -0.4 is 5.73 Å². The number of carbonyl (C=O) groups is 3. The minimum Gasteiger partial charge on any atom is -0.481 e. The van der Waals surface area contributed by atoms with Crippen LogP contribution in [0.4, 0.5) is 0 Å². The Hall–Kier alpha value is -1.63. The van der Waals surface area contributed by atoms with Crippen LogP contribution in [0.5, 0.6) is 0 Å². The second kappa shape index (κ2) is 8.95. The standard InChI is InChI=1S/C5H9NO4.C3H7NO/c6-3(5(9)10)1-2-4(7)8;1-4(2)3-5/h3H,1-2,6H2,(H,7,8)(H,9,10);3H,1-2H3. The number of amides is 1. The first kappa shape index (κ1) is 15.8. The number of carboxylic acid groups (broad SMARTS) is 2. The summed E-state index contributed by atoms with van der Waals surface area (Å²) >= 11 is 0. The molecule has 1 amide bonds. The molecule has 0 radical (unpaired) electrons. The molecular weight excluding hydrogens is 204 g/mol. The maximum absolute atomic E-state index is 9.99. The van der Waals surface area contributed by atoms with Gasteiger partial charge in [-0.15, -0.1) is 0 Å². The zero-order valence-corrected chi connectivity index (χ0v) is 8.71. The van der Waals surface area contributed by atoms with Gasteiger partial charge in [0.05, 0.1) is 0 Å². The summed E-state index contributed by atoms with van der Waals surface area (Å²) in [6.07, 6.45) is 0.526. The number of rotatable bonds is 5. The predicted octanol–water partition coefficient (Wildman–Crippen LogP) is -1.03. The van der Waals surface area contributed by atoms with Crippen LogP contribution in [0.15, 0.2) is 0 Å². The fourth-order valence-electron chi connectivity index (χ4n) is 0.402. The van der Waals surface area contributed by atoms with Gasteiger partial charge in [-0.1, -0.05) is 0 Å². The van der Waals surface area contributed by atoms with Crippen molar-refractivity contribution in [2.75, 3.05) is 14.1 Å². The highest BCUT2D eigenvalue weighted by Crippen LogP contribution is 1.93. The molecule has 0 aliphatic heterocycles. The second-order valence-corrected chi connectivity index (χ2v) is 2.95. The quantitative estimate of drug-likeness (QED) is 0.509. The molecule has 0 aromatic carbocycles. The largest absolute Gasteiger partial charge is 0.481 e. The van der Waals surface area contributed by atoms with Crippen molar-refractivity contribution < 1.29 is 24.6 Å². The van der Waals surface area contributed by atoms with E-state index in [9.17, 15) is 14.4 Å². The zero-order valence-electron chi connectivity index (χ0n) is 8.71. The summed E-state index contributed by atoms with van der Waals surface area (Å²) in [5.74, 6) is -2.20. The molecule has 0 aliphatic rings. The van der Waals surface area contributed by atoms with Gasteiger partial charge in [0.2, 0.25) is 6.41 Å². The van der Waals surface area contributed by atoms with E-state index < -0.39 is 18.0 Å². The number of hydrogen-bond donors (Lipinski definition) is 3. The fourth-order valence-corrected chi connectivity index (χ4v) is 0.402. The first-order chi connectivity index (χ1) is 6.81. The lowest BCUT2D eigenvalue weighted by molar-refractivity contribution is -0.139. The molecule has 0 spiro atoms. The molecule has 0 saturated carbocycles. The van der Waals surface area contributed by atoms with Crippen LogP contribution in [0, 0.1) is 0 Å². The summed E-state index contributed by atoms with van der Waals surface area (Å²) in [6.45, 7) is 0. The first-order valence-corrected chi connectivity index (χ1v) is 4.13. The average Bonchev–Trinajstić information content (AvgIpc) is 2.14. The van der Waals surface area contributed by atoms with Gasteiger partial charge < -0.3 is 20.8 Å². The molecule has 7 heteroatoms. The fraction of sp³-hybridized carbons (Fsp3) is 0.625. The molecule has 7 nitrogen and oxygen atoms in total. The molecule has 0 aromatic rings. The SMILES string of the molecule is CN(C)C=O.NC(CCC(=O)O)C(=O)O. The molecule has 0 rings (SSSR count). The van der Waals surface area contributed by atoms with E-state index in [-0.39, 0.29) is 12.8 Å². The Balaban J connectivity index is 0. The summed E-state index contributed by atoms with van der Waals surface area (Å²) in [6, 6.07) is -1.06. The van der Waals surface area contributed by atoms with Gasteiger partial charge in [0.1, 0.15) is 6.04 Å². The van der Waals surface area contributed by atoms with Gasteiger partial charge >= 0.3 is 11.9 Å². The second-order valence-electron chi connectivity index (χ2n) is 2.95. The lowest BCUT2D eigenvalue weighted by atomic mass is 10.2. The monoisotopic (exact) mass is 220 g/mol. The van der Waals surface area contributed by atoms with Crippen molar-refractivity contribution in [3.8, 4) is 0 Å². The number of nitrogens with two attached hydrogens (primary N) is 1. The predicted molar refractivity (Wildman–Crippen MR) is 52.2 cm³/mol. The Bertz CT molecular complexity index is 217. The summed E-state index contributed by atoms with van der Waals surface area (Å²) in [7, 11) is 3.38. The van der Waals surface area contributed by atoms with Crippen molar-refractivity contribution in [2.24, 2.45) is 5.73 Å². The molecular formula is C8H16N2O5. The van der Waals surface area contributed by atoms with Gasteiger partial charge in [0.15, 0.2) is 0 Å². The number of nitrogens with zero attached hydrogens (tertiary/aromatic N) is 1. The molecule has 88 valence electrons. The molecule has 0 aliphatic carbocycles. The lowest BCUT2D eigenvalue weighted by Crippen LogP contribution is -2.30. The van der Waals surface area contributed by atoms with E-state index >= 15 is 0 Å². The van der Waals surface area contributed by atoms with E-state index in [1.54, 1.807) is 14.1 Å². The first-order valence-electron chi connectivity index (χ1n) is 4.13. The van der Waals surface area contributed by atoms with Crippen LogP contribution in [0.3, 0.4) is 0 Å². The van der Waals surface area contributed by atoms with E-state index in [0.717, 1.165) is 6.41 Å². The molecule has 0 heterocycles. The zero-order chi connectivity index (χ0) is 12.4. The van der Waals surface area contributed by atoms with E-state index in [0.29, 0.717) is 0 Å². The van der Waals surface area contributed by atoms with Crippen molar-refractivity contribution in [2.45, 2.75) is 18.9 Å².